The Morgan fingerprint density at radius 2 is 1.94 bits per heavy atom. The molecular weight excluding hydrogens is 216 g/mol. The Balaban J connectivity index is 3.85. The van der Waals surface area contributed by atoms with Crippen molar-refractivity contribution in [2.45, 2.75) is 58.7 Å². The SMILES string of the molecule is C=COC(CCCCCCC)OC(=O)C(=C)C. The summed E-state index contributed by atoms with van der Waals surface area (Å²) in [5.74, 6) is -0.412. The molecule has 3 nitrogen and oxygen atoms in total. The predicted molar refractivity (Wildman–Crippen MR) is 69.4 cm³/mol. The largest absolute Gasteiger partial charge is 0.463 e. The van der Waals surface area contributed by atoms with Crippen LogP contribution in [0.25, 0.3) is 0 Å². The van der Waals surface area contributed by atoms with E-state index in [2.05, 4.69) is 20.1 Å². The highest BCUT2D eigenvalue weighted by atomic mass is 16.7. The van der Waals surface area contributed by atoms with Crippen LogP contribution in [-0.4, -0.2) is 12.3 Å². The molecule has 0 rings (SSSR count). The van der Waals surface area contributed by atoms with E-state index in [9.17, 15) is 4.79 Å². The number of ether oxygens (including phenoxy) is 2. The van der Waals surface area contributed by atoms with Crippen molar-refractivity contribution < 1.29 is 14.3 Å². The van der Waals surface area contributed by atoms with E-state index in [1.807, 2.05) is 0 Å². The number of carbonyl (C=O) groups is 1. The second-order valence-electron chi connectivity index (χ2n) is 4.12. The van der Waals surface area contributed by atoms with E-state index in [0.29, 0.717) is 12.0 Å². The highest BCUT2D eigenvalue weighted by Crippen LogP contribution is 2.12. The highest BCUT2D eigenvalue weighted by Gasteiger charge is 2.14. The minimum Gasteiger partial charge on any atom is -0.463 e. The zero-order valence-corrected chi connectivity index (χ0v) is 11.0. The molecule has 0 saturated heterocycles. The first-order valence-electron chi connectivity index (χ1n) is 6.24. The van der Waals surface area contributed by atoms with Gasteiger partial charge in [0.05, 0.1) is 6.26 Å². The summed E-state index contributed by atoms with van der Waals surface area (Å²) < 4.78 is 10.3. The lowest BCUT2D eigenvalue weighted by molar-refractivity contribution is -0.165. The van der Waals surface area contributed by atoms with Gasteiger partial charge in [-0.25, -0.2) is 4.79 Å². The molecule has 0 aliphatic rings. The third-order valence-corrected chi connectivity index (χ3v) is 2.38. The summed E-state index contributed by atoms with van der Waals surface area (Å²) in [6, 6.07) is 0. The van der Waals surface area contributed by atoms with Gasteiger partial charge in [0.25, 0.3) is 0 Å². The number of carbonyl (C=O) groups excluding carboxylic acids is 1. The zero-order chi connectivity index (χ0) is 13.1. The minimum absolute atomic E-state index is 0.383. The smallest absolute Gasteiger partial charge is 0.336 e. The van der Waals surface area contributed by atoms with E-state index >= 15 is 0 Å². The number of hydrogen-bond acceptors (Lipinski definition) is 3. The van der Waals surface area contributed by atoms with E-state index in [0.717, 1.165) is 12.8 Å². The van der Waals surface area contributed by atoms with Crippen LogP contribution < -0.4 is 0 Å². The number of rotatable bonds is 10. The fourth-order valence-electron chi connectivity index (χ4n) is 1.40. The summed E-state index contributed by atoms with van der Waals surface area (Å²) in [7, 11) is 0. The lowest BCUT2D eigenvalue weighted by Gasteiger charge is -2.16. The predicted octanol–water partition coefficient (Wildman–Crippen LogP) is 3.95. The third kappa shape index (κ3) is 8.55. The molecular formula is C14H24O3. The summed E-state index contributed by atoms with van der Waals surface area (Å²) in [6.07, 6.45) is 7.29. The lowest BCUT2D eigenvalue weighted by Crippen LogP contribution is -2.20. The van der Waals surface area contributed by atoms with Gasteiger partial charge >= 0.3 is 5.97 Å². The van der Waals surface area contributed by atoms with Crippen molar-refractivity contribution >= 4 is 5.97 Å². The number of unbranched alkanes of at least 4 members (excludes halogenated alkanes) is 4. The maximum absolute atomic E-state index is 11.3. The normalized spacial score (nSPS) is 11.6. The fourth-order valence-corrected chi connectivity index (χ4v) is 1.40. The van der Waals surface area contributed by atoms with Crippen LogP contribution in [0.2, 0.25) is 0 Å². The summed E-state index contributed by atoms with van der Waals surface area (Å²) in [4.78, 5) is 11.3. The monoisotopic (exact) mass is 240 g/mol. The first-order valence-corrected chi connectivity index (χ1v) is 6.24. The molecule has 0 spiro atoms. The summed E-state index contributed by atoms with van der Waals surface area (Å²) in [5.41, 5.74) is 0.383. The first kappa shape index (κ1) is 15.8. The maximum atomic E-state index is 11.3. The van der Waals surface area contributed by atoms with Crippen molar-refractivity contribution in [3.8, 4) is 0 Å². The Kier molecular flexibility index (Phi) is 9.21. The quantitative estimate of drug-likeness (QED) is 0.191. The first-order chi connectivity index (χ1) is 8.11. The minimum atomic E-state index is -0.529. The van der Waals surface area contributed by atoms with Crippen LogP contribution in [0.4, 0.5) is 0 Å². The van der Waals surface area contributed by atoms with E-state index in [4.69, 9.17) is 9.47 Å². The summed E-state index contributed by atoms with van der Waals surface area (Å²) in [5, 5.41) is 0. The van der Waals surface area contributed by atoms with Gasteiger partial charge in [-0.1, -0.05) is 45.8 Å². The van der Waals surface area contributed by atoms with E-state index in [1.54, 1.807) is 6.92 Å². The molecule has 0 N–H and O–H groups in total. The molecule has 0 saturated carbocycles. The molecule has 0 amide bonds. The van der Waals surface area contributed by atoms with Crippen LogP contribution in [0.3, 0.4) is 0 Å². The van der Waals surface area contributed by atoms with Crippen molar-refractivity contribution in [2.24, 2.45) is 0 Å². The molecule has 0 aliphatic carbocycles. The molecule has 0 aromatic carbocycles. The zero-order valence-electron chi connectivity index (χ0n) is 11.0. The van der Waals surface area contributed by atoms with Crippen LogP contribution in [0.15, 0.2) is 25.0 Å². The van der Waals surface area contributed by atoms with Gasteiger partial charge in [0.15, 0.2) is 0 Å². The van der Waals surface area contributed by atoms with Crippen LogP contribution in [0.5, 0.6) is 0 Å². The molecule has 17 heavy (non-hydrogen) atoms. The van der Waals surface area contributed by atoms with E-state index in [1.165, 1.54) is 25.5 Å². The van der Waals surface area contributed by atoms with Gasteiger partial charge < -0.3 is 9.47 Å². The van der Waals surface area contributed by atoms with Crippen LogP contribution in [0, 0.1) is 0 Å². The van der Waals surface area contributed by atoms with E-state index < -0.39 is 12.3 Å². The molecule has 0 aliphatic heterocycles. The summed E-state index contributed by atoms with van der Waals surface area (Å²) in [6.45, 7) is 10.8. The van der Waals surface area contributed by atoms with Gasteiger partial charge in [-0.3, -0.25) is 0 Å². The molecule has 0 aromatic heterocycles. The molecule has 0 aromatic rings. The summed E-state index contributed by atoms with van der Waals surface area (Å²) >= 11 is 0. The molecule has 0 heterocycles. The Labute approximate surface area is 104 Å². The van der Waals surface area contributed by atoms with Gasteiger partial charge in [0, 0.05) is 12.0 Å². The van der Waals surface area contributed by atoms with E-state index in [-0.39, 0.29) is 0 Å². The van der Waals surface area contributed by atoms with Crippen molar-refractivity contribution in [1.82, 2.24) is 0 Å². The van der Waals surface area contributed by atoms with Crippen molar-refractivity contribution in [2.75, 3.05) is 0 Å². The topological polar surface area (TPSA) is 35.5 Å². The van der Waals surface area contributed by atoms with Gasteiger partial charge in [-0.05, 0) is 13.3 Å². The van der Waals surface area contributed by atoms with Gasteiger partial charge in [0.1, 0.15) is 0 Å². The number of hydrogen-bond donors (Lipinski definition) is 0. The average Bonchev–Trinajstić information content (AvgIpc) is 2.28. The Morgan fingerprint density at radius 1 is 1.29 bits per heavy atom. The van der Waals surface area contributed by atoms with Gasteiger partial charge in [-0.2, -0.15) is 0 Å². The number of esters is 1. The fraction of sp³-hybridized carbons (Fsp3) is 0.643. The average molecular weight is 240 g/mol. The molecule has 0 fully saturated rings. The maximum Gasteiger partial charge on any atom is 0.336 e. The Morgan fingerprint density at radius 3 is 2.47 bits per heavy atom. The molecule has 3 heteroatoms. The molecule has 0 radical (unpaired) electrons. The molecule has 1 atom stereocenters. The van der Waals surface area contributed by atoms with Gasteiger partial charge in [-0.15, -0.1) is 0 Å². The van der Waals surface area contributed by atoms with Crippen molar-refractivity contribution in [3.05, 3.63) is 25.0 Å². The second kappa shape index (κ2) is 9.94. The van der Waals surface area contributed by atoms with Crippen LogP contribution >= 0.6 is 0 Å². The molecule has 98 valence electrons. The van der Waals surface area contributed by atoms with Gasteiger partial charge in [0.2, 0.25) is 6.29 Å². The van der Waals surface area contributed by atoms with Crippen molar-refractivity contribution in [1.29, 1.82) is 0 Å². The highest BCUT2D eigenvalue weighted by molar-refractivity contribution is 5.86. The lowest BCUT2D eigenvalue weighted by atomic mass is 10.1. The molecule has 0 bridgehead atoms. The van der Waals surface area contributed by atoms with Crippen molar-refractivity contribution in [3.63, 3.8) is 0 Å². The Bertz CT molecular complexity index is 246. The third-order valence-electron chi connectivity index (χ3n) is 2.38. The molecule has 1 unspecified atom stereocenters. The Hall–Kier alpha value is -1.25. The second-order valence-corrected chi connectivity index (χ2v) is 4.12. The van der Waals surface area contributed by atoms with Crippen LogP contribution in [-0.2, 0) is 14.3 Å². The van der Waals surface area contributed by atoms with Crippen LogP contribution in [0.1, 0.15) is 52.4 Å². The standard InChI is InChI=1S/C14H24O3/c1-5-7-8-9-10-11-13(16-6-2)17-14(15)12(3)4/h6,13H,2-3,5,7-11H2,1,4H3.